The normalized spacial score (nSPS) is 18.2. The van der Waals surface area contributed by atoms with E-state index in [4.69, 9.17) is 4.52 Å². The van der Waals surface area contributed by atoms with Crippen molar-refractivity contribution in [2.24, 2.45) is 0 Å². The maximum atomic E-state index is 10.3. The van der Waals surface area contributed by atoms with Gasteiger partial charge in [0.1, 0.15) is 0 Å². The summed E-state index contributed by atoms with van der Waals surface area (Å²) < 4.78 is 5.26. The number of hydrogen-bond acceptors (Lipinski definition) is 6. The smallest absolute Gasteiger partial charge is 0.229 e. The van der Waals surface area contributed by atoms with E-state index in [1.54, 1.807) is 0 Å². The van der Waals surface area contributed by atoms with Gasteiger partial charge >= 0.3 is 0 Å². The van der Waals surface area contributed by atoms with Gasteiger partial charge in [0.2, 0.25) is 5.89 Å². The van der Waals surface area contributed by atoms with Crippen molar-refractivity contribution in [3.05, 3.63) is 47.6 Å². The molecular formula is C18H26N4O2. The van der Waals surface area contributed by atoms with Crippen LogP contribution in [0.15, 0.2) is 34.9 Å². The summed E-state index contributed by atoms with van der Waals surface area (Å²) in [5.74, 6) is 1.73. The van der Waals surface area contributed by atoms with Crippen molar-refractivity contribution in [1.82, 2.24) is 19.9 Å². The van der Waals surface area contributed by atoms with E-state index in [2.05, 4.69) is 19.9 Å². The Morgan fingerprint density at radius 2 is 1.75 bits per heavy atom. The molecule has 0 saturated carbocycles. The molecule has 6 nitrogen and oxygen atoms in total. The first-order chi connectivity index (χ1) is 11.6. The predicted octanol–water partition coefficient (Wildman–Crippen LogP) is 2.04. The lowest BCUT2D eigenvalue weighted by Gasteiger charge is -2.35. The standard InChI is InChI=1S/C18H26N4O2/c1-14(2)18-19-17(20-24-18)13-22-10-8-21(9-11-22)12-16(23)15-6-4-3-5-7-15/h3-7,14,16,23H,8-13H2,1-2H3/t16-/m0/s1. The molecule has 1 aromatic carbocycles. The Labute approximate surface area is 143 Å². The van der Waals surface area contributed by atoms with Gasteiger partial charge in [-0.2, -0.15) is 4.98 Å². The Morgan fingerprint density at radius 1 is 1.08 bits per heavy atom. The van der Waals surface area contributed by atoms with E-state index in [1.807, 2.05) is 44.2 Å². The summed E-state index contributed by atoms with van der Waals surface area (Å²) in [5.41, 5.74) is 0.980. The van der Waals surface area contributed by atoms with Crippen molar-refractivity contribution in [1.29, 1.82) is 0 Å². The van der Waals surface area contributed by atoms with E-state index in [0.717, 1.165) is 44.1 Å². The molecule has 0 radical (unpaired) electrons. The Morgan fingerprint density at radius 3 is 2.38 bits per heavy atom. The fourth-order valence-electron chi connectivity index (χ4n) is 2.92. The molecule has 1 aromatic heterocycles. The van der Waals surface area contributed by atoms with Gasteiger partial charge in [0.25, 0.3) is 0 Å². The lowest BCUT2D eigenvalue weighted by molar-refractivity contribution is 0.0690. The second-order valence-electron chi connectivity index (χ2n) is 6.71. The molecule has 3 rings (SSSR count). The van der Waals surface area contributed by atoms with Crippen LogP contribution in [0.5, 0.6) is 0 Å². The summed E-state index contributed by atoms with van der Waals surface area (Å²) in [5, 5.41) is 14.4. The molecule has 6 heteroatoms. The summed E-state index contributed by atoms with van der Waals surface area (Å²) in [6, 6.07) is 9.85. The minimum atomic E-state index is -0.427. The molecule has 24 heavy (non-hydrogen) atoms. The van der Waals surface area contributed by atoms with Crippen LogP contribution in [0.25, 0.3) is 0 Å². The van der Waals surface area contributed by atoms with Crippen LogP contribution in [-0.4, -0.2) is 57.8 Å². The number of aliphatic hydroxyl groups excluding tert-OH is 1. The molecule has 130 valence electrons. The van der Waals surface area contributed by atoms with Crippen molar-refractivity contribution in [3.8, 4) is 0 Å². The largest absolute Gasteiger partial charge is 0.387 e. The molecule has 0 spiro atoms. The lowest BCUT2D eigenvalue weighted by Crippen LogP contribution is -2.47. The first-order valence-corrected chi connectivity index (χ1v) is 8.62. The van der Waals surface area contributed by atoms with Gasteiger partial charge in [-0.25, -0.2) is 0 Å². The molecule has 1 N–H and O–H groups in total. The summed E-state index contributed by atoms with van der Waals surface area (Å²) in [4.78, 5) is 9.08. The Hall–Kier alpha value is -1.76. The molecule has 1 aliphatic heterocycles. The van der Waals surface area contributed by atoms with Crippen LogP contribution in [-0.2, 0) is 6.54 Å². The zero-order valence-electron chi connectivity index (χ0n) is 14.4. The van der Waals surface area contributed by atoms with Gasteiger partial charge in [-0.1, -0.05) is 49.3 Å². The fraction of sp³-hybridized carbons (Fsp3) is 0.556. The molecule has 0 amide bonds. The van der Waals surface area contributed by atoms with Crippen molar-refractivity contribution in [2.75, 3.05) is 32.7 Å². The number of aliphatic hydroxyl groups is 1. The first-order valence-electron chi connectivity index (χ1n) is 8.62. The fourth-order valence-corrected chi connectivity index (χ4v) is 2.92. The summed E-state index contributed by atoms with van der Waals surface area (Å²) in [7, 11) is 0. The number of aromatic nitrogens is 2. The third kappa shape index (κ3) is 4.41. The van der Waals surface area contributed by atoms with Gasteiger partial charge in [0.15, 0.2) is 5.82 Å². The molecule has 1 fully saturated rings. The van der Waals surface area contributed by atoms with Crippen LogP contribution in [0, 0.1) is 0 Å². The van der Waals surface area contributed by atoms with Crippen LogP contribution in [0.3, 0.4) is 0 Å². The zero-order valence-corrected chi connectivity index (χ0v) is 14.4. The maximum Gasteiger partial charge on any atom is 0.229 e. The van der Waals surface area contributed by atoms with Crippen LogP contribution >= 0.6 is 0 Å². The van der Waals surface area contributed by atoms with Gasteiger partial charge in [0.05, 0.1) is 12.6 Å². The zero-order chi connectivity index (χ0) is 16.9. The average molecular weight is 330 g/mol. The summed E-state index contributed by atoms with van der Waals surface area (Å²) >= 11 is 0. The topological polar surface area (TPSA) is 65.6 Å². The highest BCUT2D eigenvalue weighted by atomic mass is 16.5. The van der Waals surface area contributed by atoms with E-state index in [-0.39, 0.29) is 5.92 Å². The van der Waals surface area contributed by atoms with E-state index in [0.29, 0.717) is 12.4 Å². The van der Waals surface area contributed by atoms with Crippen LogP contribution in [0.1, 0.15) is 43.1 Å². The SMILES string of the molecule is CC(C)c1nc(CN2CCN(C[C@H](O)c3ccccc3)CC2)no1. The number of nitrogens with zero attached hydrogens (tertiary/aromatic N) is 4. The van der Waals surface area contributed by atoms with E-state index < -0.39 is 6.10 Å². The van der Waals surface area contributed by atoms with Gasteiger partial charge in [-0.05, 0) is 5.56 Å². The van der Waals surface area contributed by atoms with Gasteiger partial charge in [0, 0.05) is 38.6 Å². The van der Waals surface area contributed by atoms with Crippen molar-refractivity contribution >= 4 is 0 Å². The summed E-state index contributed by atoms with van der Waals surface area (Å²) in [6.45, 7) is 9.29. The third-order valence-corrected chi connectivity index (χ3v) is 4.42. The van der Waals surface area contributed by atoms with Crippen molar-refractivity contribution < 1.29 is 9.63 Å². The van der Waals surface area contributed by atoms with Crippen molar-refractivity contribution in [2.45, 2.75) is 32.4 Å². The van der Waals surface area contributed by atoms with E-state index in [9.17, 15) is 5.11 Å². The van der Waals surface area contributed by atoms with Gasteiger partial charge < -0.3 is 9.63 Å². The Bertz CT molecular complexity index is 621. The number of hydrogen-bond donors (Lipinski definition) is 1. The number of β-amino-alcohol motifs (C(OH)–C–C–N with tert-alkyl or cyclic N) is 1. The number of rotatable bonds is 6. The quantitative estimate of drug-likeness (QED) is 0.874. The molecule has 1 atom stereocenters. The van der Waals surface area contributed by atoms with Gasteiger partial charge in [-0.15, -0.1) is 0 Å². The van der Waals surface area contributed by atoms with Crippen LogP contribution in [0.4, 0.5) is 0 Å². The second-order valence-corrected chi connectivity index (χ2v) is 6.71. The molecule has 2 heterocycles. The first kappa shape index (κ1) is 17.1. The Kier molecular flexibility index (Phi) is 5.60. The highest BCUT2D eigenvalue weighted by molar-refractivity contribution is 5.17. The third-order valence-electron chi connectivity index (χ3n) is 4.42. The maximum absolute atomic E-state index is 10.3. The monoisotopic (exact) mass is 330 g/mol. The second kappa shape index (κ2) is 7.88. The molecular weight excluding hydrogens is 304 g/mol. The molecule has 1 aliphatic rings. The minimum Gasteiger partial charge on any atom is -0.387 e. The van der Waals surface area contributed by atoms with Gasteiger partial charge in [-0.3, -0.25) is 9.80 Å². The number of benzene rings is 1. The average Bonchev–Trinajstić information content (AvgIpc) is 3.06. The Balaban J connectivity index is 1.45. The molecule has 0 bridgehead atoms. The molecule has 1 saturated heterocycles. The lowest BCUT2D eigenvalue weighted by atomic mass is 10.1. The number of piperazine rings is 1. The summed E-state index contributed by atoms with van der Waals surface area (Å²) in [6.07, 6.45) is -0.427. The predicted molar refractivity (Wildman–Crippen MR) is 91.5 cm³/mol. The molecule has 0 aliphatic carbocycles. The van der Waals surface area contributed by atoms with E-state index in [1.165, 1.54) is 0 Å². The van der Waals surface area contributed by atoms with E-state index >= 15 is 0 Å². The minimum absolute atomic E-state index is 0.266. The highest BCUT2D eigenvalue weighted by Gasteiger charge is 2.21. The molecule has 0 unspecified atom stereocenters. The van der Waals surface area contributed by atoms with Crippen LogP contribution < -0.4 is 0 Å². The van der Waals surface area contributed by atoms with Crippen LogP contribution in [0.2, 0.25) is 0 Å². The van der Waals surface area contributed by atoms with Crippen molar-refractivity contribution in [3.63, 3.8) is 0 Å². The molecule has 2 aromatic rings. The highest BCUT2D eigenvalue weighted by Crippen LogP contribution is 2.16.